The van der Waals surface area contributed by atoms with Crippen LogP contribution in [0.25, 0.3) is 0 Å². The minimum atomic E-state index is -0.315. The number of amides is 2. The molecule has 27 heavy (non-hydrogen) atoms. The Hall–Kier alpha value is -2.28. The number of carbonyl (C=O) groups is 2. The molecule has 1 heterocycles. The third kappa shape index (κ3) is 4.53. The summed E-state index contributed by atoms with van der Waals surface area (Å²) in [6.07, 6.45) is 0. The van der Waals surface area contributed by atoms with Gasteiger partial charge >= 0.3 is 0 Å². The Bertz CT molecular complexity index is 886. The molecule has 6 nitrogen and oxygen atoms in total. The molecule has 0 atom stereocenters. The predicted octanol–water partition coefficient (Wildman–Crippen LogP) is 3.53. The van der Waals surface area contributed by atoms with E-state index in [0.29, 0.717) is 39.3 Å². The zero-order valence-electron chi connectivity index (χ0n) is 15.0. The topological polar surface area (TPSA) is 61.9 Å². The summed E-state index contributed by atoms with van der Waals surface area (Å²) in [6, 6.07) is 9.89. The lowest BCUT2D eigenvalue weighted by molar-refractivity contribution is -0.121. The molecule has 1 aliphatic heterocycles. The summed E-state index contributed by atoms with van der Waals surface area (Å²) in [4.78, 5) is 28.3. The van der Waals surface area contributed by atoms with E-state index >= 15 is 0 Å². The van der Waals surface area contributed by atoms with Gasteiger partial charge in [0.1, 0.15) is 5.75 Å². The van der Waals surface area contributed by atoms with Crippen molar-refractivity contribution in [1.82, 2.24) is 4.90 Å². The third-order valence-corrected chi connectivity index (χ3v) is 4.85. The number of rotatable bonds is 5. The first-order chi connectivity index (χ1) is 12.8. The van der Waals surface area contributed by atoms with Gasteiger partial charge in [0, 0.05) is 30.4 Å². The molecule has 1 aliphatic rings. The van der Waals surface area contributed by atoms with Gasteiger partial charge in [0.25, 0.3) is 11.8 Å². The van der Waals surface area contributed by atoms with Gasteiger partial charge in [-0.25, -0.2) is 0 Å². The van der Waals surface area contributed by atoms with Crippen LogP contribution in [0, 0.1) is 0 Å². The molecule has 1 N–H and O–H groups in total. The summed E-state index contributed by atoms with van der Waals surface area (Å²) in [6.45, 7) is 1.28. The van der Waals surface area contributed by atoms with Crippen molar-refractivity contribution in [2.75, 3.05) is 44.0 Å². The lowest BCUT2D eigenvalue weighted by Gasteiger charge is -2.30. The Kier molecular flexibility index (Phi) is 5.89. The van der Waals surface area contributed by atoms with Crippen molar-refractivity contribution >= 4 is 46.4 Å². The fraction of sp³-hybridized carbons (Fsp3) is 0.263. The second-order valence-corrected chi connectivity index (χ2v) is 7.22. The van der Waals surface area contributed by atoms with E-state index < -0.39 is 0 Å². The molecule has 3 rings (SSSR count). The monoisotopic (exact) mass is 407 g/mol. The van der Waals surface area contributed by atoms with Crippen molar-refractivity contribution in [3.05, 3.63) is 52.0 Å². The molecular weight excluding hydrogens is 389 g/mol. The number of anilines is 2. The van der Waals surface area contributed by atoms with E-state index in [2.05, 4.69) is 5.32 Å². The van der Waals surface area contributed by atoms with Gasteiger partial charge in [-0.3, -0.25) is 9.59 Å². The largest absolute Gasteiger partial charge is 0.481 e. The van der Waals surface area contributed by atoms with Gasteiger partial charge in [0.15, 0.2) is 6.61 Å². The van der Waals surface area contributed by atoms with Crippen molar-refractivity contribution < 1.29 is 14.3 Å². The molecule has 142 valence electrons. The summed E-state index contributed by atoms with van der Waals surface area (Å²) < 4.78 is 5.54. The number of nitrogens with one attached hydrogen (secondary N) is 1. The lowest BCUT2D eigenvalue weighted by atomic mass is 10.1. The first kappa shape index (κ1) is 19.5. The van der Waals surface area contributed by atoms with Gasteiger partial charge in [-0.2, -0.15) is 0 Å². The van der Waals surface area contributed by atoms with Gasteiger partial charge < -0.3 is 19.9 Å². The van der Waals surface area contributed by atoms with Gasteiger partial charge in [-0.1, -0.05) is 23.2 Å². The van der Waals surface area contributed by atoms with Crippen LogP contribution in [0.4, 0.5) is 11.4 Å². The highest BCUT2D eigenvalue weighted by molar-refractivity contribution is 6.42. The number of halogens is 2. The average molecular weight is 408 g/mol. The Morgan fingerprint density at radius 1 is 1.19 bits per heavy atom. The van der Waals surface area contributed by atoms with Crippen LogP contribution in [-0.2, 0) is 4.79 Å². The first-order valence-electron chi connectivity index (χ1n) is 8.33. The molecule has 2 aromatic carbocycles. The van der Waals surface area contributed by atoms with E-state index in [1.54, 1.807) is 35.2 Å². The fourth-order valence-corrected chi connectivity index (χ4v) is 2.97. The van der Waals surface area contributed by atoms with Crippen LogP contribution in [0.2, 0.25) is 10.0 Å². The molecule has 0 radical (unpaired) electrons. The van der Waals surface area contributed by atoms with Crippen LogP contribution in [0.1, 0.15) is 10.4 Å². The van der Waals surface area contributed by atoms with Gasteiger partial charge in [0.05, 0.1) is 15.7 Å². The Morgan fingerprint density at radius 2 is 1.96 bits per heavy atom. The van der Waals surface area contributed by atoms with Crippen LogP contribution >= 0.6 is 23.2 Å². The number of benzene rings is 2. The Morgan fingerprint density at radius 3 is 2.67 bits per heavy atom. The fourth-order valence-electron chi connectivity index (χ4n) is 2.67. The Balaban J connectivity index is 1.78. The van der Waals surface area contributed by atoms with Crippen LogP contribution in [0.15, 0.2) is 36.4 Å². The van der Waals surface area contributed by atoms with E-state index in [1.807, 2.05) is 19.0 Å². The average Bonchev–Trinajstić information content (AvgIpc) is 2.63. The summed E-state index contributed by atoms with van der Waals surface area (Å²) in [5, 5.41) is 3.50. The maximum atomic E-state index is 12.4. The molecule has 0 spiro atoms. The van der Waals surface area contributed by atoms with Crippen molar-refractivity contribution in [1.29, 1.82) is 0 Å². The molecule has 0 saturated carbocycles. The number of ether oxygens (including phenoxy) is 1. The predicted molar refractivity (Wildman–Crippen MR) is 107 cm³/mol. The molecule has 0 saturated heterocycles. The summed E-state index contributed by atoms with van der Waals surface area (Å²) in [5.41, 5.74) is 1.65. The van der Waals surface area contributed by atoms with Crippen molar-refractivity contribution in [3.8, 4) is 5.75 Å². The number of hydrogen-bond acceptors (Lipinski definition) is 4. The SMILES string of the molecule is CN(C)CCN1C(=O)COc2cc(NC(=O)c3ccc(Cl)c(Cl)c3)ccc21. The normalized spacial score (nSPS) is 13.4. The van der Waals surface area contributed by atoms with Gasteiger partial charge in [-0.15, -0.1) is 0 Å². The van der Waals surface area contributed by atoms with Gasteiger partial charge in [-0.05, 0) is 44.4 Å². The Labute approximate surface area is 167 Å². The number of fused-ring (bicyclic) bond motifs is 1. The maximum Gasteiger partial charge on any atom is 0.265 e. The quantitative estimate of drug-likeness (QED) is 0.823. The van der Waals surface area contributed by atoms with Gasteiger partial charge in [0.2, 0.25) is 0 Å². The molecule has 0 unspecified atom stereocenters. The van der Waals surface area contributed by atoms with Crippen LogP contribution in [0.3, 0.4) is 0 Å². The molecule has 2 amide bonds. The molecule has 0 fully saturated rings. The molecule has 0 bridgehead atoms. The summed E-state index contributed by atoms with van der Waals surface area (Å²) >= 11 is 11.8. The number of hydrogen-bond donors (Lipinski definition) is 1. The molecule has 0 aliphatic carbocycles. The minimum Gasteiger partial charge on any atom is -0.481 e. The van der Waals surface area contributed by atoms with Crippen molar-refractivity contribution in [2.45, 2.75) is 0 Å². The van der Waals surface area contributed by atoms with Crippen molar-refractivity contribution in [3.63, 3.8) is 0 Å². The first-order valence-corrected chi connectivity index (χ1v) is 9.09. The molecule has 8 heteroatoms. The highest BCUT2D eigenvalue weighted by Gasteiger charge is 2.25. The number of likely N-dealkylation sites (N-methyl/N-ethyl adjacent to an activating group) is 1. The highest BCUT2D eigenvalue weighted by atomic mass is 35.5. The highest BCUT2D eigenvalue weighted by Crippen LogP contribution is 2.34. The smallest absolute Gasteiger partial charge is 0.265 e. The standard InChI is InChI=1S/C19H19Cl2N3O3/c1-23(2)7-8-24-16-6-4-13(10-17(16)27-11-18(24)25)22-19(26)12-3-5-14(20)15(21)9-12/h3-6,9-10H,7-8,11H2,1-2H3,(H,22,26). The number of carbonyl (C=O) groups excluding carboxylic acids is 2. The minimum absolute atomic E-state index is 0.0232. The lowest BCUT2D eigenvalue weighted by Crippen LogP contribution is -2.42. The third-order valence-electron chi connectivity index (χ3n) is 4.11. The van der Waals surface area contributed by atoms with E-state index in [1.165, 1.54) is 6.07 Å². The molecular formula is C19H19Cl2N3O3. The molecule has 0 aromatic heterocycles. The van der Waals surface area contributed by atoms with E-state index in [4.69, 9.17) is 27.9 Å². The van der Waals surface area contributed by atoms with E-state index in [0.717, 1.165) is 6.54 Å². The summed E-state index contributed by atoms with van der Waals surface area (Å²) in [5.74, 6) is 0.155. The second-order valence-electron chi connectivity index (χ2n) is 6.40. The zero-order chi connectivity index (χ0) is 19.6. The van der Waals surface area contributed by atoms with Crippen LogP contribution in [-0.4, -0.2) is 50.5 Å². The number of nitrogens with zero attached hydrogens (tertiary/aromatic N) is 2. The summed E-state index contributed by atoms with van der Waals surface area (Å²) in [7, 11) is 3.90. The van der Waals surface area contributed by atoms with E-state index in [9.17, 15) is 9.59 Å². The maximum absolute atomic E-state index is 12.4. The molecule has 2 aromatic rings. The zero-order valence-corrected chi connectivity index (χ0v) is 16.5. The van der Waals surface area contributed by atoms with Crippen LogP contribution in [0.5, 0.6) is 5.75 Å². The van der Waals surface area contributed by atoms with Crippen molar-refractivity contribution in [2.24, 2.45) is 0 Å². The van der Waals surface area contributed by atoms with E-state index in [-0.39, 0.29) is 18.4 Å². The second kappa shape index (κ2) is 8.17. The van der Waals surface area contributed by atoms with Crippen LogP contribution < -0.4 is 15.0 Å².